The van der Waals surface area contributed by atoms with Crippen LogP contribution >= 0.6 is 24.0 Å². The first-order valence-corrected chi connectivity index (χ1v) is 12.0. The van der Waals surface area contributed by atoms with E-state index in [-0.39, 0.29) is 18.4 Å². The maximum absolute atomic E-state index is 13.0. The largest absolute Gasteiger partial charge is 0.483 e. The van der Waals surface area contributed by atoms with Crippen LogP contribution < -0.4 is 15.0 Å². The molecule has 0 atom stereocenters. The van der Waals surface area contributed by atoms with Crippen molar-refractivity contribution >= 4 is 57.6 Å². The second-order valence-electron chi connectivity index (χ2n) is 8.00. The van der Waals surface area contributed by atoms with Crippen molar-refractivity contribution in [1.29, 1.82) is 0 Å². The van der Waals surface area contributed by atoms with Crippen LogP contribution in [-0.4, -0.2) is 22.7 Å². The topological polar surface area (TPSA) is 58.6 Å². The lowest BCUT2D eigenvalue weighted by Crippen LogP contribution is -2.27. The summed E-state index contributed by atoms with van der Waals surface area (Å²) in [7, 11) is 0. The summed E-state index contributed by atoms with van der Waals surface area (Å²) in [6, 6.07) is 20.7. The number of rotatable bonds is 6. The molecule has 0 aliphatic carbocycles. The van der Waals surface area contributed by atoms with Crippen LogP contribution in [-0.2, 0) is 9.59 Å². The van der Waals surface area contributed by atoms with Crippen LogP contribution in [0.1, 0.15) is 22.3 Å². The molecule has 0 unspecified atom stereocenters. The number of thiocarbonyl (C=S) groups is 1. The molecule has 1 aliphatic rings. The molecule has 5 nitrogen and oxygen atoms in total. The number of carbonyl (C=O) groups excluding carboxylic acids is 2. The second-order valence-corrected chi connectivity index (χ2v) is 9.68. The van der Waals surface area contributed by atoms with E-state index in [0.29, 0.717) is 20.5 Å². The third-order valence-electron chi connectivity index (χ3n) is 5.31. The lowest BCUT2D eigenvalue weighted by Gasteiger charge is -2.14. The summed E-state index contributed by atoms with van der Waals surface area (Å²) in [4.78, 5) is 27.6. The number of anilines is 2. The van der Waals surface area contributed by atoms with Crippen molar-refractivity contribution in [2.24, 2.45) is 0 Å². The van der Waals surface area contributed by atoms with E-state index in [2.05, 4.69) is 5.32 Å². The Bertz CT molecular complexity index is 1280. The van der Waals surface area contributed by atoms with Crippen LogP contribution in [0.3, 0.4) is 0 Å². The SMILES string of the molecule is Cc1cc(C)c(NC(=O)COc2ccccc2/C=C2\SC(=S)N(c3ccccc3)C2=O)c(C)c1. The third kappa shape index (κ3) is 5.21. The first-order valence-electron chi connectivity index (χ1n) is 10.8. The second kappa shape index (κ2) is 10.2. The molecule has 34 heavy (non-hydrogen) atoms. The number of nitrogens with one attached hydrogen (secondary N) is 1. The van der Waals surface area contributed by atoms with Crippen LogP contribution in [0, 0.1) is 20.8 Å². The zero-order chi connectivity index (χ0) is 24.2. The lowest BCUT2D eigenvalue weighted by atomic mass is 10.1. The molecule has 0 radical (unpaired) electrons. The molecule has 2 amide bonds. The standard InChI is InChI=1S/C27H24N2O3S2/c1-17-13-18(2)25(19(3)14-17)28-24(30)16-32-22-12-8-7-9-20(22)15-23-26(31)29(27(33)34-23)21-10-5-4-6-11-21/h4-15H,16H2,1-3H3,(H,28,30)/b23-15-. The van der Waals surface area contributed by atoms with E-state index in [4.69, 9.17) is 17.0 Å². The van der Waals surface area contributed by atoms with Crippen LogP contribution in [0.4, 0.5) is 11.4 Å². The first-order chi connectivity index (χ1) is 16.3. The highest BCUT2D eigenvalue weighted by Crippen LogP contribution is 2.37. The van der Waals surface area contributed by atoms with Gasteiger partial charge >= 0.3 is 0 Å². The van der Waals surface area contributed by atoms with Crippen LogP contribution in [0.15, 0.2) is 71.6 Å². The van der Waals surface area contributed by atoms with Crippen LogP contribution in [0.2, 0.25) is 0 Å². The molecule has 172 valence electrons. The number of ether oxygens (including phenoxy) is 1. The Balaban J connectivity index is 1.48. The number of nitrogens with zero attached hydrogens (tertiary/aromatic N) is 1. The summed E-state index contributed by atoms with van der Waals surface area (Å²) in [5.74, 6) is 0.0827. The van der Waals surface area contributed by atoms with E-state index in [1.807, 2.05) is 81.4 Å². The van der Waals surface area contributed by atoms with Crippen LogP contribution in [0.5, 0.6) is 5.75 Å². The van der Waals surface area contributed by atoms with Gasteiger partial charge in [0.1, 0.15) is 5.75 Å². The van der Waals surface area contributed by atoms with E-state index >= 15 is 0 Å². The first kappa shape index (κ1) is 23.7. The average molecular weight is 489 g/mol. The summed E-state index contributed by atoms with van der Waals surface area (Å²) in [5, 5.41) is 2.94. The molecule has 1 heterocycles. The highest BCUT2D eigenvalue weighted by atomic mass is 32.2. The number of thioether (sulfide) groups is 1. The highest BCUT2D eigenvalue weighted by molar-refractivity contribution is 8.27. The van der Waals surface area contributed by atoms with Gasteiger partial charge in [0.15, 0.2) is 10.9 Å². The van der Waals surface area contributed by atoms with Crippen LogP contribution in [0.25, 0.3) is 6.08 Å². The van der Waals surface area contributed by atoms with Gasteiger partial charge in [-0.1, -0.05) is 78.1 Å². The smallest absolute Gasteiger partial charge is 0.270 e. The summed E-state index contributed by atoms with van der Waals surface area (Å²) < 4.78 is 6.31. The van der Waals surface area contributed by atoms with Crippen molar-refractivity contribution < 1.29 is 14.3 Å². The Kier molecular flexibility index (Phi) is 7.14. The van der Waals surface area contributed by atoms with Gasteiger partial charge in [-0.15, -0.1) is 0 Å². The molecule has 1 fully saturated rings. The number of hydrogen-bond donors (Lipinski definition) is 1. The van der Waals surface area contributed by atoms with E-state index in [9.17, 15) is 9.59 Å². The quantitative estimate of drug-likeness (QED) is 0.339. The van der Waals surface area contributed by atoms with Gasteiger partial charge in [-0.05, 0) is 56.2 Å². The Morgan fingerprint density at radius 3 is 2.38 bits per heavy atom. The third-order valence-corrected chi connectivity index (χ3v) is 6.62. The fourth-order valence-corrected chi connectivity index (χ4v) is 5.13. The van der Waals surface area contributed by atoms with Gasteiger partial charge in [-0.25, -0.2) is 0 Å². The number of aryl methyl sites for hydroxylation is 3. The van der Waals surface area contributed by atoms with Crippen molar-refractivity contribution in [3.63, 3.8) is 0 Å². The zero-order valence-electron chi connectivity index (χ0n) is 19.1. The van der Waals surface area contributed by atoms with Crippen molar-refractivity contribution in [2.75, 3.05) is 16.8 Å². The van der Waals surface area contributed by atoms with Gasteiger partial charge in [0.05, 0.1) is 10.6 Å². The predicted octanol–water partition coefficient (Wildman–Crippen LogP) is 6.04. The average Bonchev–Trinajstić information content (AvgIpc) is 3.08. The molecule has 0 saturated carbocycles. The molecule has 1 saturated heterocycles. The number of amides is 2. The molecular weight excluding hydrogens is 464 g/mol. The molecule has 7 heteroatoms. The van der Waals surface area contributed by atoms with Crippen molar-refractivity contribution in [3.8, 4) is 5.75 Å². The lowest BCUT2D eigenvalue weighted by molar-refractivity contribution is -0.118. The van der Waals surface area contributed by atoms with Gasteiger partial charge in [-0.2, -0.15) is 0 Å². The Hall–Kier alpha value is -3.42. The normalized spacial score (nSPS) is 14.6. The predicted molar refractivity (Wildman–Crippen MR) is 143 cm³/mol. The fourth-order valence-electron chi connectivity index (χ4n) is 3.84. The number of carbonyl (C=O) groups is 2. The molecule has 3 aromatic rings. The minimum atomic E-state index is -0.250. The van der Waals surface area contributed by atoms with Gasteiger partial charge in [0.2, 0.25) is 0 Å². The molecule has 1 N–H and O–H groups in total. The van der Waals surface area contributed by atoms with Crippen molar-refractivity contribution in [2.45, 2.75) is 20.8 Å². The number of benzene rings is 3. The monoisotopic (exact) mass is 488 g/mol. The van der Waals surface area contributed by atoms with E-state index < -0.39 is 0 Å². The molecule has 0 aromatic heterocycles. The van der Waals surface area contributed by atoms with E-state index in [1.165, 1.54) is 16.7 Å². The highest BCUT2D eigenvalue weighted by Gasteiger charge is 2.33. The number of hydrogen-bond acceptors (Lipinski definition) is 5. The Morgan fingerprint density at radius 1 is 1.03 bits per heavy atom. The maximum atomic E-state index is 13.0. The van der Waals surface area contributed by atoms with E-state index in [1.54, 1.807) is 12.1 Å². The molecule has 0 bridgehead atoms. The molecule has 4 rings (SSSR count). The Labute approximate surface area is 208 Å². The molecule has 0 spiro atoms. The summed E-state index contributed by atoms with van der Waals surface area (Å²) in [5.41, 5.74) is 5.40. The van der Waals surface area contributed by atoms with Crippen molar-refractivity contribution in [3.05, 3.63) is 93.9 Å². The summed E-state index contributed by atoms with van der Waals surface area (Å²) in [6.45, 7) is 5.82. The fraction of sp³-hybridized carbons (Fsp3) is 0.148. The minimum absolute atomic E-state index is 0.150. The maximum Gasteiger partial charge on any atom is 0.270 e. The van der Waals surface area contributed by atoms with E-state index in [0.717, 1.165) is 28.1 Å². The van der Waals surface area contributed by atoms with Gasteiger partial charge in [0, 0.05) is 11.3 Å². The minimum Gasteiger partial charge on any atom is -0.483 e. The summed E-state index contributed by atoms with van der Waals surface area (Å²) in [6.07, 6.45) is 1.75. The van der Waals surface area contributed by atoms with Gasteiger partial charge in [0.25, 0.3) is 11.8 Å². The molecular formula is C27H24N2O3S2. The van der Waals surface area contributed by atoms with Crippen molar-refractivity contribution in [1.82, 2.24) is 0 Å². The zero-order valence-corrected chi connectivity index (χ0v) is 20.8. The Morgan fingerprint density at radius 2 is 1.68 bits per heavy atom. The van der Waals surface area contributed by atoms with Gasteiger partial charge in [-0.3, -0.25) is 14.5 Å². The molecule has 3 aromatic carbocycles. The van der Waals surface area contributed by atoms with Gasteiger partial charge < -0.3 is 10.1 Å². The molecule has 1 aliphatic heterocycles. The summed E-state index contributed by atoms with van der Waals surface area (Å²) >= 11 is 6.69. The number of para-hydroxylation sites is 2.